The molecule has 0 fully saturated rings. The van der Waals surface area contributed by atoms with E-state index in [0.717, 1.165) is 0 Å². The maximum absolute atomic E-state index is 15.9. The summed E-state index contributed by atoms with van der Waals surface area (Å²) in [5.74, 6) is -44.9. The summed E-state index contributed by atoms with van der Waals surface area (Å²) in [7, 11) is 0. The Morgan fingerprint density at radius 1 is 0.458 bits per heavy atom. The van der Waals surface area contributed by atoms with Gasteiger partial charge in [-0.3, -0.25) is 0 Å². The minimum atomic E-state index is -5.65. The van der Waals surface area contributed by atoms with Crippen LogP contribution >= 0.6 is 0 Å². The molecule has 3 aromatic carbocycles. The molecule has 0 unspecified atom stereocenters. The Labute approximate surface area is 269 Å². The van der Waals surface area contributed by atoms with Crippen molar-refractivity contribution in [3.63, 3.8) is 0 Å². The van der Waals surface area contributed by atoms with Gasteiger partial charge < -0.3 is 0 Å². The molecule has 48 heavy (non-hydrogen) atoms. The van der Waals surface area contributed by atoms with Gasteiger partial charge in [0.2, 0.25) is 0 Å². The molecule has 1 heterocycles. The second-order valence-electron chi connectivity index (χ2n) is 12.8. The Morgan fingerprint density at radius 3 is 0.938 bits per heavy atom. The van der Waals surface area contributed by atoms with Crippen LogP contribution in [0.25, 0.3) is 0 Å². The molecule has 3 aromatic rings. The van der Waals surface area contributed by atoms with Crippen LogP contribution in [0.15, 0.2) is 0 Å². The third-order valence-electron chi connectivity index (χ3n) is 7.86. The molecule has 0 N–H and O–H groups in total. The van der Waals surface area contributed by atoms with E-state index < -0.39 is 139 Å². The quantitative estimate of drug-likeness (QED) is 0.106. The predicted molar refractivity (Wildman–Crippen MR) is 145 cm³/mol. The van der Waals surface area contributed by atoms with Crippen LogP contribution in [-0.4, -0.2) is 58.1 Å². The van der Waals surface area contributed by atoms with Crippen LogP contribution in [0.1, 0.15) is 41.5 Å². The van der Waals surface area contributed by atoms with Gasteiger partial charge in [-0.2, -0.15) is 0 Å². The van der Waals surface area contributed by atoms with E-state index in [-0.39, 0.29) is 13.1 Å². The van der Waals surface area contributed by atoms with Gasteiger partial charge in [0.1, 0.15) is 0 Å². The summed E-state index contributed by atoms with van der Waals surface area (Å²) in [4.78, 5) is -4.37. The normalized spacial score (nSPS) is 14.6. The summed E-state index contributed by atoms with van der Waals surface area (Å²) in [5.41, 5.74) is -10.1. The summed E-state index contributed by atoms with van der Waals surface area (Å²) < 4.78 is 229. The SMILES string of the molecule is CC(C)(C)N1CC[N+](C(C)(C)C)=C1[Se][B-](c1c(F)c(F)c(F)c(F)c1F)(c1c(F)c(F)c(F)c(F)c1F)c1c(F)c(F)c(F)c(F)c1F. The fraction of sp³-hybridized carbons (Fsp3) is 0.345. The molecular weight excluding hydrogens is 751 g/mol. The molecule has 1 aliphatic rings. The third kappa shape index (κ3) is 5.44. The zero-order chi connectivity index (χ0) is 36.7. The Kier molecular flexibility index (Phi) is 9.54. The molecule has 0 aromatic heterocycles. The number of nitrogens with zero attached hydrogens (tertiary/aromatic N) is 2. The van der Waals surface area contributed by atoms with Crippen LogP contribution in [0.5, 0.6) is 0 Å². The summed E-state index contributed by atoms with van der Waals surface area (Å²) in [6, 6.07) is 0. The van der Waals surface area contributed by atoms with E-state index in [1.807, 2.05) is 0 Å². The summed E-state index contributed by atoms with van der Waals surface area (Å²) in [5, 5.41) is 0. The zero-order valence-electron chi connectivity index (χ0n) is 25.5. The second-order valence-corrected chi connectivity index (χ2v) is 15.5. The van der Waals surface area contributed by atoms with Crippen LogP contribution in [0.4, 0.5) is 65.9 Å². The van der Waals surface area contributed by atoms with Crippen LogP contribution < -0.4 is 16.4 Å². The van der Waals surface area contributed by atoms with E-state index in [1.165, 1.54) is 51.0 Å². The van der Waals surface area contributed by atoms with Gasteiger partial charge in [0.25, 0.3) is 0 Å². The van der Waals surface area contributed by atoms with Gasteiger partial charge in [0.05, 0.1) is 0 Å². The molecule has 0 amide bonds. The van der Waals surface area contributed by atoms with Gasteiger partial charge >= 0.3 is 269 Å². The number of hydrogen-bond donors (Lipinski definition) is 0. The van der Waals surface area contributed by atoms with Crippen LogP contribution in [0.3, 0.4) is 0 Å². The van der Waals surface area contributed by atoms with E-state index in [9.17, 15) is 39.5 Å². The van der Waals surface area contributed by atoms with Gasteiger partial charge in [0.15, 0.2) is 0 Å². The van der Waals surface area contributed by atoms with Crippen molar-refractivity contribution in [3.05, 3.63) is 87.3 Å². The van der Waals surface area contributed by atoms with Crippen molar-refractivity contribution in [1.29, 1.82) is 0 Å². The van der Waals surface area contributed by atoms with Crippen molar-refractivity contribution >= 4 is 40.9 Å². The van der Waals surface area contributed by atoms with Crippen LogP contribution in [0.2, 0.25) is 0 Å². The first-order valence-electron chi connectivity index (χ1n) is 13.7. The molecule has 4 rings (SSSR count). The molecule has 0 aliphatic carbocycles. The first kappa shape index (κ1) is 37.5. The van der Waals surface area contributed by atoms with E-state index in [1.54, 1.807) is 0 Å². The Balaban J connectivity index is 2.51. The van der Waals surface area contributed by atoms with E-state index in [4.69, 9.17) is 0 Å². The Hall–Kier alpha value is -3.34. The Morgan fingerprint density at radius 2 is 0.708 bits per heavy atom. The monoisotopic (exact) mass is 774 g/mol. The molecule has 0 radical (unpaired) electrons. The first-order chi connectivity index (χ1) is 21.8. The fourth-order valence-corrected chi connectivity index (χ4v) is 10.4. The molecule has 19 heteroatoms. The molecule has 1 aliphatic heterocycles. The Bertz CT molecular complexity index is 1640. The predicted octanol–water partition coefficient (Wildman–Crippen LogP) is 5.73. The first-order valence-corrected chi connectivity index (χ1v) is 15.5. The average Bonchev–Trinajstić information content (AvgIpc) is 3.44. The van der Waals surface area contributed by atoms with Crippen molar-refractivity contribution in [1.82, 2.24) is 4.90 Å². The summed E-state index contributed by atoms with van der Waals surface area (Å²) >= 11 is -2.76. The number of benzene rings is 3. The van der Waals surface area contributed by atoms with Gasteiger partial charge in [-0.05, 0) is 0 Å². The summed E-state index contributed by atoms with van der Waals surface area (Å²) in [6.07, 6.45) is 0. The number of amidine groups is 1. The maximum atomic E-state index is 15.9. The van der Waals surface area contributed by atoms with E-state index in [2.05, 4.69) is 0 Å². The number of rotatable bonds is 5. The van der Waals surface area contributed by atoms with Crippen molar-refractivity contribution in [2.24, 2.45) is 0 Å². The van der Waals surface area contributed by atoms with Gasteiger partial charge in [-0.25, -0.2) is 0 Å². The van der Waals surface area contributed by atoms with Gasteiger partial charge in [0, 0.05) is 0 Å². The van der Waals surface area contributed by atoms with Crippen molar-refractivity contribution in [2.75, 3.05) is 13.1 Å². The molecule has 0 bridgehead atoms. The van der Waals surface area contributed by atoms with Gasteiger partial charge in [-0.1, -0.05) is 0 Å². The van der Waals surface area contributed by atoms with Gasteiger partial charge in [-0.15, -0.1) is 0 Å². The fourth-order valence-electron chi connectivity index (χ4n) is 5.61. The molecular formula is C29H22BF15N2Se. The second kappa shape index (κ2) is 12.2. The molecule has 0 saturated carbocycles. The molecule has 262 valence electrons. The van der Waals surface area contributed by atoms with Crippen LogP contribution in [-0.2, 0) is 0 Å². The molecule has 2 nitrogen and oxygen atoms in total. The van der Waals surface area contributed by atoms with Crippen molar-refractivity contribution < 1.29 is 70.4 Å². The third-order valence-corrected chi connectivity index (χ3v) is 11.5. The van der Waals surface area contributed by atoms with Crippen molar-refractivity contribution in [2.45, 2.75) is 52.6 Å². The number of halogens is 15. The van der Waals surface area contributed by atoms with Crippen molar-refractivity contribution in [3.8, 4) is 0 Å². The molecule has 0 atom stereocenters. The minimum absolute atomic E-state index is 0.116. The topological polar surface area (TPSA) is 6.25 Å². The van der Waals surface area contributed by atoms with Crippen LogP contribution in [0, 0.1) is 87.3 Å². The van der Waals surface area contributed by atoms with E-state index >= 15 is 26.3 Å². The molecule has 0 spiro atoms. The molecule has 0 saturated heterocycles. The number of hydrogen-bond acceptors (Lipinski definition) is 1. The average molecular weight is 773 g/mol. The summed E-state index contributed by atoms with van der Waals surface area (Å²) in [6.45, 7) is 8.60. The zero-order valence-corrected chi connectivity index (χ0v) is 27.2. The standard InChI is InChI=1S/C29H22BF15N2Se/c1-28(2,3)46-7-8-47(29(4,5)6)27(46)48-30(9-12(31)18(37)24(43)19(38)13(9)32,10-14(33)20(39)25(44)21(40)15(10)34)11-16(35)22(41)26(45)23(42)17(11)36/h7-8H2,1-6H3. The van der Waals surface area contributed by atoms with E-state index in [0.29, 0.717) is 0 Å².